The second kappa shape index (κ2) is 2.48. The lowest BCUT2D eigenvalue weighted by Crippen LogP contribution is -1.98. The number of aromatic amines is 1. The van der Waals surface area contributed by atoms with Crippen molar-refractivity contribution < 1.29 is 14.4 Å². The Morgan fingerprint density at radius 1 is 1.46 bits per heavy atom. The van der Waals surface area contributed by atoms with E-state index in [1.165, 1.54) is 18.2 Å². The topological polar surface area (TPSA) is 83.3 Å². The largest absolute Gasteiger partial charge is 0.478 e. The summed E-state index contributed by atoms with van der Waals surface area (Å²) in [7, 11) is 0. The molecule has 0 atom stereocenters. The Bertz CT molecular complexity index is 522. The van der Waals surface area contributed by atoms with Gasteiger partial charge in [0, 0.05) is 0 Å². The normalized spacial score (nSPS) is 10.5. The van der Waals surface area contributed by atoms with Gasteiger partial charge in [-0.2, -0.15) is 0 Å². The second-order valence-electron chi connectivity index (χ2n) is 2.52. The first-order valence-electron chi connectivity index (χ1n) is 3.53. The van der Waals surface area contributed by atoms with Crippen LogP contribution >= 0.6 is 0 Å². The summed E-state index contributed by atoms with van der Waals surface area (Å²) < 4.78 is 4.46. The molecule has 13 heavy (non-hydrogen) atoms. The number of fused-ring (bicyclic) bond motifs is 1. The van der Waals surface area contributed by atoms with E-state index in [0.717, 1.165) is 0 Å². The van der Waals surface area contributed by atoms with Crippen LogP contribution in [0.1, 0.15) is 10.4 Å². The molecule has 2 rings (SSSR count). The van der Waals surface area contributed by atoms with Crippen molar-refractivity contribution in [2.24, 2.45) is 0 Å². The molecule has 0 radical (unpaired) electrons. The highest BCUT2D eigenvalue weighted by atomic mass is 16.5. The number of carboxylic acid groups (broad SMARTS) is 1. The minimum atomic E-state index is -1.09. The number of hydrogen-bond donors (Lipinski definition) is 2. The van der Waals surface area contributed by atoms with Crippen LogP contribution in [0.5, 0.6) is 0 Å². The fraction of sp³-hybridized carbons (Fsp3) is 0. The molecule has 5 nitrogen and oxygen atoms in total. The van der Waals surface area contributed by atoms with Crippen LogP contribution in [0.15, 0.2) is 27.5 Å². The summed E-state index contributed by atoms with van der Waals surface area (Å²) in [4.78, 5) is 21.6. The maximum atomic E-state index is 11.0. The predicted molar refractivity (Wildman–Crippen MR) is 43.8 cm³/mol. The monoisotopic (exact) mass is 179 g/mol. The average molecular weight is 179 g/mol. The number of rotatable bonds is 1. The van der Waals surface area contributed by atoms with Crippen LogP contribution in [0.2, 0.25) is 0 Å². The van der Waals surface area contributed by atoms with E-state index >= 15 is 0 Å². The van der Waals surface area contributed by atoms with Gasteiger partial charge < -0.3 is 9.63 Å². The molecule has 0 spiro atoms. The molecule has 0 saturated heterocycles. The van der Waals surface area contributed by atoms with Crippen LogP contribution in [-0.2, 0) is 0 Å². The summed E-state index contributed by atoms with van der Waals surface area (Å²) in [5.41, 5.74) is -0.304. The molecule has 1 aromatic carbocycles. The smallest absolute Gasteiger partial charge is 0.365 e. The van der Waals surface area contributed by atoms with Crippen LogP contribution in [-0.4, -0.2) is 16.2 Å². The van der Waals surface area contributed by atoms with E-state index in [1.54, 1.807) is 0 Å². The SMILES string of the molecule is O=C(O)c1cccc2c(=O)o[nH]c12. The van der Waals surface area contributed by atoms with Crippen LogP contribution in [0.25, 0.3) is 10.9 Å². The Labute approximate surface area is 71.6 Å². The van der Waals surface area contributed by atoms with Crippen molar-refractivity contribution in [3.05, 3.63) is 34.2 Å². The Kier molecular flexibility index (Phi) is 1.45. The highest BCUT2D eigenvalue weighted by molar-refractivity contribution is 6.01. The van der Waals surface area contributed by atoms with Crippen LogP contribution in [0.4, 0.5) is 0 Å². The van der Waals surface area contributed by atoms with Crippen molar-refractivity contribution in [2.45, 2.75) is 0 Å². The zero-order valence-corrected chi connectivity index (χ0v) is 6.40. The third kappa shape index (κ3) is 1.01. The summed E-state index contributed by atoms with van der Waals surface area (Å²) in [6.45, 7) is 0. The first-order valence-corrected chi connectivity index (χ1v) is 3.53. The highest BCUT2D eigenvalue weighted by Gasteiger charge is 2.11. The fourth-order valence-electron chi connectivity index (χ4n) is 1.16. The quantitative estimate of drug-likeness (QED) is 0.678. The van der Waals surface area contributed by atoms with Crippen LogP contribution in [0.3, 0.4) is 0 Å². The minimum Gasteiger partial charge on any atom is -0.478 e. The highest BCUT2D eigenvalue weighted by Crippen LogP contribution is 2.12. The molecule has 1 aromatic heterocycles. The first-order chi connectivity index (χ1) is 6.20. The molecule has 0 aliphatic rings. The van der Waals surface area contributed by atoms with Gasteiger partial charge >= 0.3 is 11.6 Å². The molecule has 0 bridgehead atoms. The molecule has 5 heteroatoms. The molecule has 66 valence electrons. The number of aromatic carboxylic acids is 1. The van der Waals surface area contributed by atoms with E-state index in [4.69, 9.17) is 5.11 Å². The Morgan fingerprint density at radius 2 is 2.23 bits per heavy atom. The van der Waals surface area contributed by atoms with Crippen molar-refractivity contribution in [3.63, 3.8) is 0 Å². The molecule has 0 aliphatic heterocycles. The van der Waals surface area contributed by atoms with Crippen LogP contribution in [0, 0.1) is 0 Å². The van der Waals surface area contributed by atoms with Crippen molar-refractivity contribution in [1.29, 1.82) is 0 Å². The number of nitrogens with one attached hydrogen (secondary N) is 1. The number of para-hydroxylation sites is 1. The van der Waals surface area contributed by atoms with E-state index < -0.39 is 11.6 Å². The van der Waals surface area contributed by atoms with E-state index in [9.17, 15) is 9.59 Å². The molecule has 2 aromatic rings. The second-order valence-corrected chi connectivity index (χ2v) is 2.52. The van der Waals surface area contributed by atoms with Gasteiger partial charge in [0.05, 0.1) is 10.9 Å². The molecule has 0 saturated carbocycles. The van der Waals surface area contributed by atoms with Crippen molar-refractivity contribution in [3.8, 4) is 0 Å². The number of benzene rings is 1. The Hall–Kier alpha value is -2.04. The average Bonchev–Trinajstić information content (AvgIpc) is 2.48. The molecule has 0 amide bonds. The maximum absolute atomic E-state index is 11.0. The lowest BCUT2D eigenvalue weighted by molar-refractivity contribution is 0.0698. The first kappa shape index (κ1) is 7.60. The van der Waals surface area contributed by atoms with Gasteiger partial charge in [0.1, 0.15) is 5.52 Å². The van der Waals surface area contributed by atoms with Gasteiger partial charge in [-0.25, -0.2) is 14.7 Å². The number of carboxylic acids is 1. The number of hydrogen-bond acceptors (Lipinski definition) is 3. The van der Waals surface area contributed by atoms with Gasteiger partial charge in [-0.3, -0.25) is 0 Å². The van der Waals surface area contributed by atoms with Gasteiger partial charge in [0.2, 0.25) is 0 Å². The molecule has 0 fully saturated rings. The van der Waals surface area contributed by atoms with Crippen molar-refractivity contribution >= 4 is 16.9 Å². The van der Waals surface area contributed by atoms with Crippen LogP contribution < -0.4 is 5.63 Å². The summed E-state index contributed by atoms with van der Waals surface area (Å²) in [5.74, 6) is -1.09. The molecular weight excluding hydrogens is 174 g/mol. The van der Waals surface area contributed by atoms with Gasteiger partial charge in [-0.1, -0.05) is 6.07 Å². The number of aromatic nitrogens is 1. The zero-order valence-electron chi connectivity index (χ0n) is 6.40. The summed E-state index contributed by atoms with van der Waals surface area (Å²) in [6, 6.07) is 4.40. The standard InChI is InChI=1S/C8H5NO4/c10-7(11)4-2-1-3-5-6(4)9-13-8(5)12/h1-3,9H,(H,10,11). The van der Waals surface area contributed by atoms with Crippen molar-refractivity contribution in [1.82, 2.24) is 5.16 Å². The summed E-state index contributed by atoms with van der Waals surface area (Å²) in [5, 5.41) is 11.2. The van der Waals surface area contributed by atoms with E-state index in [2.05, 4.69) is 9.68 Å². The molecule has 1 heterocycles. The summed E-state index contributed by atoms with van der Waals surface area (Å²) in [6.07, 6.45) is 0. The van der Waals surface area contributed by atoms with Gasteiger partial charge in [-0.15, -0.1) is 0 Å². The summed E-state index contributed by atoms with van der Waals surface area (Å²) >= 11 is 0. The molecule has 2 N–H and O–H groups in total. The fourth-order valence-corrected chi connectivity index (χ4v) is 1.16. The van der Waals surface area contributed by atoms with E-state index in [1.807, 2.05) is 0 Å². The van der Waals surface area contributed by atoms with Gasteiger partial charge in [0.15, 0.2) is 0 Å². The third-order valence-corrected chi connectivity index (χ3v) is 1.76. The Morgan fingerprint density at radius 3 is 2.92 bits per heavy atom. The molecular formula is C8H5NO4. The molecule has 0 aliphatic carbocycles. The minimum absolute atomic E-state index is 0.0309. The lowest BCUT2D eigenvalue weighted by Gasteiger charge is -1.92. The predicted octanol–water partition coefficient (Wildman–Crippen LogP) is 0.819. The van der Waals surface area contributed by atoms with Gasteiger partial charge in [0.25, 0.3) is 0 Å². The van der Waals surface area contributed by atoms with E-state index in [0.29, 0.717) is 0 Å². The van der Waals surface area contributed by atoms with Crippen molar-refractivity contribution in [2.75, 3.05) is 0 Å². The number of H-pyrrole nitrogens is 1. The maximum Gasteiger partial charge on any atom is 0.365 e. The van der Waals surface area contributed by atoms with E-state index in [-0.39, 0.29) is 16.5 Å². The number of carbonyl (C=O) groups is 1. The third-order valence-electron chi connectivity index (χ3n) is 1.76. The molecule has 0 unspecified atom stereocenters. The van der Waals surface area contributed by atoms with Gasteiger partial charge in [-0.05, 0) is 12.1 Å². The lowest BCUT2D eigenvalue weighted by atomic mass is 10.1. The Balaban J connectivity index is 2.92. The zero-order chi connectivity index (χ0) is 9.42.